The Bertz CT molecular complexity index is 375. The molecule has 0 spiro atoms. The van der Waals surface area contributed by atoms with Crippen molar-refractivity contribution in [2.75, 3.05) is 13.7 Å². The number of rotatable bonds is 8. The van der Waals surface area contributed by atoms with Crippen molar-refractivity contribution < 1.29 is 9.47 Å². The SMILES string of the molecule is CCOC(CC)(CC)C(N)Cc1ccccc1OC. The average Bonchev–Trinajstić information content (AvgIpc) is 2.45. The molecular weight excluding hydrogens is 238 g/mol. The van der Waals surface area contributed by atoms with Gasteiger partial charge in [-0.25, -0.2) is 0 Å². The van der Waals surface area contributed by atoms with Gasteiger partial charge in [-0.15, -0.1) is 0 Å². The maximum absolute atomic E-state index is 6.44. The van der Waals surface area contributed by atoms with Crippen molar-refractivity contribution in [1.29, 1.82) is 0 Å². The summed E-state index contributed by atoms with van der Waals surface area (Å²) < 4.78 is 11.4. The van der Waals surface area contributed by atoms with E-state index in [4.69, 9.17) is 15.2 Å². The minimum atomic E-state index is -0.240. The van der Waals surface area contributed by atoms with Crippen LogP contribution in [0, 0.1) is 0 Å². The lowest BCUT2D eigenvalue weighted by atomic mass is 9.85. The third-order valence-electron chi connectivity index (χ3n) is 3.94. The van der Waals surface area contributed by atoms with Gasteiger partial charge < -0.3 is 15.2 Å². The number of para-hydroxylation sites is 1. The molecule has 0 saturated heterocycles. The van der Waals surface area contributed by atoms with Crippen LogP contribution in [0.3, 0.4) is 0 Å². The van der Waals surface area contributed by atoms with Gasteiger partial charge in [-0.3, -0.25) is 0 Å². The number of nitrogens with two attached hydrogens (primary N) is 1. The molecule has 0 aliphatic carbocycles. The fraction of sp³-hybridized carbons (Fsp3) is 0.625. The Hall–Kier alpha value is -1.06. The van der Waals surface area contributed by atoms with Gasteiger partial charge >= 0.3 is 0 Å². The summed E-state index contributed by atoms with van der Waals surface area (Å²) in [7, 11) is 1.69. The molecule has 1 atom stereocenters. The van der Waals surface area contributed by atoms with Crippen LogP contribution in [0.1, 0.15) is 39.2 Å². The smallest absolute Gasteiger partial charge is 0.122 e. The van der Waals surface area contributed by atoms with Crippen LogP contribution < -0.4 is 10.5 Å². The van der Waals surface area contributed by atoms with Gasteiger partial charge in [-0.2, -0.15) is 0 Å². The standard InChI is InChI=1S/C16H27NO2/c1-5-16(6-2,19-7-3)15(17)12-13-10-8-9-11-14(13)18-4/h8-11,15H,5-7,12,17H2,1-4H3. The van der Waals surface area contributed by atoms with E-state index in [2.05, 4.69) is 19.9 Å². The highest BCUT2D eigenvalue weighted by atomic mass is 16.5. The monoisotopic (exact) mass is 265 g/mol. The van der Waals surface area contributed by atoms with Crippen molar-refractivity contribution >= 4 is 0 Å². The van der Waals surface area contributed by atoms with Gasteiger partial charge in [0.2, 0.25) is 0 Å². The maximum atomic E-state index is 6.44. The van der Waals surface area contributed by atoms with E-state index in [1.54, 1.807) is 7.11 Å². The quantitative estimate of drug-likeness (QED) is 0.785. The summed E-state index contributed by atoms with van der Waals surface area (Å²) in [6.07, 6.45) is 2.62. The lowest BCUT2D eigenvalue weighted by Gasteiger charge is -2.37. The molecule has 1 rings (SSSR count). The van der Waals surface area contributed by atoms with Crippen LogP contribution in [-0.2, 0) is 11.2 Å². The molecule has 0 fully saturated rings. The van der Waals surface area contributed by atoms with Crippen LogP contribution in [0.15, 0.2) is 24.3 Å². The Morgan fingerprint density at radius 2 is 1.79 bits per heavy atom. The highest BCUT2D eigenvalue weighted by molar-refractivity contribution is 5.34. The molecule has 1 aromatic carbocycles. The van der Waals surface area contributed by atoms with Crippen molar-refractivity contribution in [3.05, 3.63) is 29.8 Å². The van der Waals surface area contributed by atoms with Gasteiger partial charge in [0.15, 0.2) is 0 Å². The summed E-state index contributed by atoms with van der Waals surface area (Å²) in [5.74, 6) is 0.899. The molecule has 0 aromatic heterocycles. The normalized spacial score (nSPS) is 13.3. The molecule has 3 nitrogen and oxygen atoms in total. The molecule has 0 aliphatic rings. The highest BCUT2D eigenvalue weighted by Gasteiger charge is 2.34. The molecule has 0 heterocycles. The van der Waals surface area contributed by atoms with Crippen LogP contribution in [-0.4, -0.2) is 25.4 Å². The first-order valence-electron chi connectivity index (χ1n) is 7.14. The molecule has 1 aromatic rings. The van der Waals surface area contributed by atoms with Gasteiger partial charge in [0.05, 0.1) is 12.7 Å². The second-order valence-electron chi connectivity index (χ2n) is 4.83. The third kappa shape index (κ3) is 3.71. The van der Waals surface area contributed by atoms with Crippen molar-refractivity contribution in [2.24, 2.45) is 5.73 Å². The van der Waals surface area contributed by atoms with Gasteiger partial charge in [-0.05, 0) is 37.8 Å². The predicted octanol–water partition coefficient (Wildman–Crippen LogP) is 3.16. The first-order chi connectivity index (χ1) is 9.13. The lowest BCUT2D eigenvalue weighted by Crippen LogP contribution is -2.50. The van der Waals surface area contributed by atoms with E-state index in [-0.39, 0.29) is 11.6 Å². The minimum absolute atomic E-state index is 0.0289. The molecule has 0 radical (unpaired) electrons. The van der Waals surface area contributed by atoms with Crippen LogP contribution in [0.2, 0.25) is 0 Å². The fourth-order valence-corrected chi connectivity index (χ4v) is 2.67. The summed E-state index contributed by atoms with van der Waals surface area (Å²) in [5.41, 5.74) is 7.34. The van der Waals surface area contributed by atoms with E-state index in [1.165, 1.54) is 0 Å². The maximum Gasteiger partial charge on any atom is 0.122 e. The zero-order valence-corrected chi connectivity index (χ0v) is 12.6. The molecule has 1 unspecified atom stereocenters. The van der Waals surface area contributed by atoms with E-state index in [1.807, 2.05) is 25.1 Å². The van der Waals surface area contributed by atoms with Crippen molar-refractivity contribution in [3.8, 4) is 5.75 Å². The average molecular weight is 265 g/mol. The number of ether oxygens (including phenoxy) is 2. The number of benzene rings is 1. The van der Waals surface area contributed by atoms with Crippen LogP contribution >= 0.6 is 0 Å². The van der Waals surface area contributed by atoms with Gasteiger partial charge in [0.1, 0.15) is 5.75 Å². The molecule has 0 aliphatic heterocycles. The summed E-state index contributed by atoms with van der Waals surface area (Å²) in [4.78, 5) is 0. The van der Waals surface area contributed by atoms with Crippen LogP contribution in [0.5, 0.6) is 5.75 Å². The predicted molar refractivity (Wildman–Crippen MR) is 79.6 cm³/mol. The van der Waals surface area contributed by atoms with Crippen LogP contribution in [0.4, 0.5) is 0 Å². The minimum Gasteiger partial charge on any atom is -0.496 e. The summed E-state index contributed by atoms with van der Waals surface area (Å²) >= 11 is 0. The van der Waals surface area contributed by atoms with Crippen LogP contribution in [0.25, 0.3) is 0 Å². The molecule has 3 heteroatoms. The molecule has 2 N–H and O–H groups in total. The van der Waals surface area contributed by atoms with Crippen molar-refractivity contribution in [3.63, 3.8) is 0 Å². The second kappa shape index (κ2) is 7.51. The molecule has 0 bridgehead atoms. The zero-order valence-electron chi connectivity index (χ0n) is 12.6. The highest BCUT2D eigenvalue weighted by Crippen LogP contribution is 2.28. The Morgan fingerprint density at radius 1 is 1.16 bits per heavy atom. The summed E-state index contributed by atoms with van der Waals surface area (Å²) in [6.45, 7) is 7.00. The van der Waals surface area contributed by atoms with E-state index in [9.17, 15) is 0 Å². The second-order valence-corrected chi connectivity index (χ2v) is 4.83. The number of hydrogen-bond acceptors (Lipinski definition) is 3. The van der Waals surface area contributed by atoms with Crippen molar-refractivity contribution in [1.82, 2.24) is 0 Å². The Labute approximate surface area is 117 Å². The Kier molecular flexibility index (Phi) is 6.32. The zero-order chi connectivity index (χ0) is 14.3. The van der Waals surface area contributed by atoms with Gasteiger partial charge in [0.25, 0.3) is 0 Å². The summed E-state index contributed by atoms with van der Waals surface area (Å²) in [5, 5.41) is 0. The first kappa shape index (κ1) is 16.0. The molecule has 0 amide bonds. The number of hydrogen-bond donors (Lipinski definition) is 1. The molecule has 0 saturated carbocycles. The Morgan fingerprint density at radius 3 is 2.32 bits per heavy atom. The Balaban J connectivity index is 2.89. The molecular formula is C16H27NO2. The van der Waals surface area contributed by atoms with Crippen molar-refractivity contribution in [2.45, 2.75) is 51.7 Å². The van der Waals surface area contributed by atoms with Gasteiger partial charge in [0, 0.05) is 12.6 Å². The van der Waals surface area contributed by atoms with E-state index in [0.29, 0.717) is 6.61 Å². The first-order valence-corrected chi connectivity index (χ1v) is 7.14. The lowest BCUT2D eigenvalue weighted by molar-refractivity contribution is -0.0634. The third-order valence-corrected chi connectivity index (χ3v) is 3.94. The fourth-order valence-electron chi connectivity index (χ4n) is 2.67. The van der Waals surface area contributed by atoms with E-state index >= 15 is 0 Å². The van der Waals surface area contributed by atoms with E-state index in [0.717, 1.165) is 30.6 Å². The number of methoxy groups -OCH3 is 1. The topological polar surface area (TPSA) is 44.5 Å². The largest absolute Gasteiger partial charge is 0.496 e. The van der Waals surface area contributed by atoms with Gasteiger partial charge in [-0.1, -0.05) is 32.0 Å². The molecule has 19 heavy (non-hydrogen) atoms. The summed E-state index contributed by atoms with van der Waals surface area (Å²) in [6, 6.07) is 8.01. The molecule has 108 valence electrons. The van der Waals surface area contributed by atoms with E-state index < -0.39 is 0 Å².